The number of sulfonamides is 1. The van der Waals surface area contributed by atoms with Crippen molar-refractivity contribution in [2.75, 3.05) is 10.5 Å². The minimum absolute atomic E-state index is 0.109. The average molecular weight is 484 g/mol. The van der Waals surface area contributed by atoms with Crippen LogP contribution in [0, 0.1) is 0 Å². The van der Waals surface area contributed by atoms with Crippen LogP contribution in [0.25, 0.3) is 22.2 Å². The van der Waals surface area contributed by atoms with E-state index in [1.807, 2.05) is 10.8 Å². The van der Waals surface area contributed by atoms with Crippen molar-refractivity contribution in [2.24, 2.45) is 0 Å². The molecular weight excluding hydrogens is 462 g/mol. The molecule has 2 aromatic heterocycles. The van der Waals surface area contributed by atoms with Crippen LogP contribution in [-0.4, -0.2) is 34.2 Å². The Morgan fingerprint density at radius 3 is 2.61 bits per heavy atom. The lowest BCUT2D eigenvalue weighted by atomic mass is 10.1. The van der Waals surface area contributed by atoms with Gasteiger partial charge in [0, 0.05) is 17.8 Å². The van der Waals surface area contributed by atoms with Gasteiger partial charge in [-0.15, -0.1) is 0 Å². The maximum absolute atomic E-state index is 12.7. The summed E-state index contributed by atoms with van der Waals surface area (Å²) in [6, 6.07) is 13.3. The Bertz CT molecular complexity index is 1440. The number of anilines is 2. The third-order valence-corrected chi connectivity index (χ3v) is 7.68. The maximum Gasteiger partial charge on any atom is 0.261 e. The van der Waals surface area contributed by atoms with Crippen LogP contribution >= 0.6 is 11.6 Å². The Kier molecular flexibility index (Phi) is 5.48. The predicted molar refractivity (Wildman–Crippen MR) is 129 cm³/mol. The van der Waals surface area contributed by atoms with Crippen molar-refractivity contribution in [3.8, 4) is 11.1 Å². The summed E-state index contributed by atoms with van der Waals surface area (Å²) in [4.78, 5) is 8.74. The van der Waals surface area contributed by atoms with Gasteiger partial charge in [0.05, 0.1) is 27.1 Å². The second kappa shape index (κ2) is 8.33. The van der Waals surface area contributed by atoms with E-state index >= 15 is 0 Å². The first-order chi connectivity index (χ1) is 15.8. The van der Waals surface area contributed by atoms with Gasteiger partial charge in [0.2, 0.25) is 0 Å². The van der Waals surface area contributed by atoms with Crippen molar-refractivity contribution < 1.29 is 13.5 Å². The molecule has 0 saturated heterocycles. The summed E-state index contributed by atoms with van der Waals surface area (Å²) in [6.45, 7) is 0. The van der Waals surface area contributed by atoms with E-state index in [4.69, 9.17) is 17.3 Å². The molecule has 8 nitrogen and oxygen atoms in total. The van der Waals surface area contributed by atoms with Gasteiger partial charge < -0.3 is 15.4 Å². The van der Waals surface area contributed by atoms with Crippen LogP contribution in [0.3, 0.4) is 0 Å². The number of hydrogen-bond donors (Lipinski definition) is 3. The standard InChI is InChI=1S/C23H22ClN5O3S/c24-19-10-14(6-9-20(19)28-33(31,32)17-4-2-1-3-5-17)18-12-29(15-7-8-16(30)11-15)23-21(18)22(25)26-13-27-23/h1-6,9-10,12-13,15-16,28,30H,7-8,11H2,(H2,25,26,27). The van der Waals surface area contributed by atoms with E-state index in [2.05, 4.69) is 14.7 Å². The van der Waals surface area contributed by atoms with E-state index in [9.17, 15) is 13.5 Å². The molecule has 170 valence electrons. The third kappa shape index (κ3) is 4.03. The van der Waals surface area contributed by atoms with Crippen LogP contribution in [0.4, 0.5) is 11.5 Å². The monoisotopic (exact) mass is 483 g/mol. The second-order valence-electron chi connectivity index (χ2n) is 8.14. The molecule has 33 heavy (non-hydrogen) atoms. The molecule has 5 rings (SSSR count). The molecule has 0 bridgehead atoms. The fourth-order valence-electron chi connectivity index (χ4n) is 4.36. The van der Waals surface area contributed by atoms with Crippen molar-refractivity contribution in [3.63, 3.8) is 0 Å². The summed E-state index contributed by atoms with van der Waals surface area (Å²) in [5, 5.41) is 11.0. The number of hydrogen-bond acceptors (Lipinski definition) is 6. The molecule has 0 aliphatic heterocycles. The Hall–Kier alpha value is -3.14. The lowest BCUT2D eigenvalue weighted by Crippen LogP contribution is -2.13. The first-order valence-corrected chi connectivity index (χ1v) is 12.4. The number of nitrogens with one attached hydrogen (secondary N) is 1. The highest BCUT2D eigenvalue weighted by Crippen LogP contribution is 2.40. The minimum Gasteiger partial charge on any atom is -0.393 e. The molecule has 1 aliphatic carbocycles. The molecule has 4 N–H and O–H groups in total. The largest absolute Gasteiger partial charge is 0.393 e. The van der Waals surface area contributed by atoms with E-state index in [-0.39, 0.29) is 27.8 Å². The molecule has 10 heteroatoms. The SMILES string of the molecule is Nc1ncnc2c1c(-c1ccc(NS(=O)(=O)c3ccccc3)c(Cl)c1)cn2C1CCC(O)C1. The number of aromatic nitrogens is 3. The first kappa shape index (κ1) is 21.7. The van der Waals surface area contributed by atoms with Gasteiger partial charge in [-0.2, -0.15) is 0 Å². The number of nitrogens with zero attached hydrogens (tertiary/aromatic N) is 3. The first-order valence-electron chi connectivity index (χ1n) is 10.5. The number of aliphatic hydroxyl groups excluding tert-OH is 1. The van der Waals surface area contributed by atoms with Gasteiger partial charge in [0.1, 0.15) is 17.8 Å². The number of nitrogen functional groups attached to an aromatic ring is 1. The molecule has 2 unspecified atom stereocenters. The van der Waals surface area contributed by atoms with Crippen LogP contribution in [0.1, 0.15) is 25.3 Å². The Morgan fingerprint density at radius 1 is 1.12 bits per heavy atom. The molecule has 0 amide bonds. The zero-order chi connectivity index (χ0) is 23.2. The highest BCUT2D eigenvalue weighted by atomic mass is 35.5. The summed E-state index contributed by atoms with van der Waals surface area (Å²) >= 11 is 6.49. The van der Waals surface area contributed by atoms with Crippen molar-refractivity contribution in [1.29, 1.82) is 0 Å². The van der Waals surface area contributed by atoms with Crippen molar-refractivity contribution in [3.05, 3.63) is 66.1 Å². The van der Waals surface area contributed by atoms with Gasteiger partial charge in [-0.25, -0.2) is 18.4 Å². The summed E-state index contributed by atoms with van der Waals surface area (Å²) in [5.41, 5.74) is 8.73. The lowest BCUT2D eigenvalue weighted by molar-refractivity contribution is 0.178. The molecule has 1 aliphatic rings. The van der Waals surface area contributed by atoms with Crippen LogP contribution in [0.15, 0.2) is 66.0 Å². The Balaban J connectivity index is 1.54. The van der Waals surface area contributed by atoms with E-state index in [0.29, 0.717) is 23.3 Å². The molecule has 0 radical (unpaired) electrons. The fraction of sp³-hybridized carbons (Fsp3) is 0.217. The second-order valence-corrected chi connectivity index (χ2v) is 10.2. The number of fused-ring (bicyclic) bond motifs is 1. The van der Waals surface area contributed by atoms with E-state index in [1.54, 1.807) is 36.4 Å². The average Bonchev–Trinajstić information content (AvgIpc) is 3.40. The van der Waals surface area contributed by atoms with Crippen LogP contribution in [0.2, 0.25) is 5.02 Å². The maximum atomic E-state index is 12.7. The molecule has 2 aromatic carbocycles. The number of nitrogens with two attached hydrogens (primary N) is 1. The highest BCUT2D eigenvalue weighted by Gasteiger charge is 2.27. The quantitative estimate of drug-likeness (QED) is 0.390. The van der Waals surface area contributed by atoms with E-state index in [0.717, 1.165) is 24.0 Å². The summed E-state index contributed by atoms with van der Waals surface area (Å²) in [5.74, 6) is 0.345. The molecule has 2 atom stereocenters. The lowest BCUT2D eigenvalue weighted by Gasteiger charge is -2.12. The topological polar surface area (TPSA) is 123 Å². The Labute approximate surface area is 196 Å². The Morgan fingerprint density at radius 2 is 1.91 bits per heavy atom. The highest BCUT2D eigenvalue weighted by molar-refractivity contribution is 7.92. The summed E-state index contributed by atoms with van der Waals surface area (Å²) in [7, 11) is -3.77. The van der Waals surface area contributed by atoms with E-state index in [1.165, 1.54) is 18.5 Å². The van der Waals surface area contributed by atoms with Gasteiger partial charge in [0.25, 0.3) is 10.0 Å². The van der Waals surface area contributed by atoms with Gasteiger partial charge in [-0.1, -0.05) is 35.9 Å². The normalized spacial score (nSPS) is 18.6. The minimum atomic E-state index is -3.77. The van der Waals surface area contributed by atoms with Gasteiger partial charge in [0.15, 0.2) is 0 Å². The predicted octanol–water partition coefficient (Wildman–Crippen LogP) is 4.22. The van der Waals surface area contributed by atoms with Crippen molar-refractivity contribution in [2.45, 2.75) is 36.3 Å². The van der Waals surface area contributed by atoms with Gasteiger partial charge in [-0.3, -0.25) is 4.72 Å². The third-order valence-electron chi connectivity index (χ3n) is 5.99. The number of benzene rings is 2. The van der Waals surface area contributed by atoms with Crippen LogP contribution in [0.5, 0.6) is 0 Å². The molecule has 1 fully saturated rings. The summed E-state index contributed by atoms with van der Waals surface area (Å²) < 4.78 is 29.9. The zero-order valence-corrected chi connectivity index (χ0v) is 19.1. The van der Waals surface area contributed by atoms with E-state index < -0.39 is 10.0 Å². The van der Waals surface area contributed by atoms with Crippen LogP contribution in [-0.2, 0) is 10.0 Å². The molecule has 4 aromatic rings. The molecular formula is C23H22ClN5O3S. The van der Waals surface area contributed by atoms with Gasteiger partial charge >= 0.3 is 0 Å². The van der Waals surface area contributed by atoms with Crippen LogP contribution < -0.4 is 10.5 Å². The number of halogens is 1. The fourth-order valence-corrected chi connectivity index (χ4v) is 5.75. The number of rotatable bonds is 5. The molecule has 0 spiro atoms. The van der Waals surface area contributed by atoms with Gasteiger partial charge in [-0.05, 0) is 49.1 Å². The molecule has 1 saturated carbocycles. The number of aliphatic hydroxyl groups is 1. The molecule has 2 heterocycles. The smallest absolute Gasteiger partial charge is 0.261 e. The van der Waals surface area contributed by atoms with Crippen molar-refractivity contribution >= 4 is 44.2 Å². The van der Waals surface area contributed by atoms with Crippen molar-refractivity contribution in [1.82, 2.24) is 14.5 Å². The zero-order valence-electron chi connectivity index (χ0n) is 17.5. The summed E-state index contributed by atoms with van der Waals surface area (Å²) in [6.07, 6.45) is 5.28.